The molecule has 76 valence electrons. The van der Waals surface area contributed by atoms with Crippen molar-refractivity contribution < 1.29 is 14.3 Å². The minimum absolute atomic E-state index is 0.0430. The maximum atomic E-state index is 11.4. The average Bonchev–Trinajstić information content (AvgIpc) is 2.14. The molecule has 2 aliphatic heterocycles. The van der Waals surface area contributed by atoms with Gasteiger partial charge in [-0.2, -0.15) is 0 Å². The number of ether oxygens (including phenoxy) is 1. The molecule has 2 saturated heterocycles. The number of amides is 1. The number of esters is 1. The van der Waals surface area contributed by atoms with Crippen molar-refractivity contribution in [1.82, 2.24) is 10.2 Å². The molecule has 0 aromatic heterocycles. The monoisotopic (exact) mass is 196 g/mol. The van der Waals surface area contributed by atoms with Crippen molar-refractivity contribution in [3.8, 4) is 0 Å². The third kappa shape index (κ3) is 0.840. The molecule has 2 heterocycles. The normalized spacial score (nSPS) is 36.8. The third-order valence-corrected chi connectivity index (χ3v) is 3.02. The highest BCUT2D eigenvalue weighted by atomic mass is 16.5. The van der Waals surface area contributed by atoms with Crippen LogP contribution in [0.4, 0.5) is 0 Å². The van der Waals surface area contributed by atoms with Crippen LogP contribution in [0.25, 0.3) is 0 Å². The molecule has 0 bridgehead atoms. The number of hydrogen-bond acceptors (Lipinski definition) is 4. The van der Waals surface area contributed by atoms with E-state index in [9.17, 15) is 9.59 Å². The van der Waals surface area contributed by atoms with E-state index in [2.05, 4.69) is 10.1 Å². The van der Waals surface area contributed by atoms with Crippen LogP contribution >= 0.6 is 0 Å². The Morgan fingerprint density at radius 2 is 2.36 bits per heavy atom. The van der Waals surface area contributed by atoms with Gasteiger partial charge in [0.05, 0.1) is 7.11 Å². The summed E-state index contributed by atoms with van der Waals surface area (Å²) in [6.45, 7) is 1.92. The summed E-state index contributed by atoms with van der Waals surface area (Å²) in [7, 11) is 3.05. The molecule has 1 amide bonds. The van der Waals surface area contributed by atoms with Gasteiger partial charge in [0.1, 0.15) is 11.6 Å². The molecule has 14 heavy (non-hydrogen) atoms. The third-order valence-electron chi connectivity index (χ3n) is 3.02. The number of β-lactam (4-membered cyclic amide) rings is 1. The first kappa shape index (κ1) is 9.05. The highest BCUT2D eigenvalue weighted by Crippen LogP contribution is 2.46. The molecular weight excluding hydrogens is 184 g/mol. The first-order valence-corrected chi connectivity index (χ1v) is 4.36. The maximum absolute atomic E-state index is 11.4. The van der Waals surface area contributed by atoms with Gasteiger partial charge in [0, 0.05) is 18.8 Å². The lowest BCUT2D eigenvalue weighted by atomic mass is 9.72. The zero-order valence-electron chi connectivity index (χ0n) is 8.33. The second kappa shape index (κ2) is 2.50. The van der Waals surface area contributed by atoms with Crippen molar-refractivity contribution in [1.29, 1.82) is 0 Å². The van der Waals surface area contributed by atoms with E-state index in [1.165, 1.54) is 13.2 Å². The quantitative estimate of drug-likeness (QED) is 0.347. The summed E-state index contributed by atoms with van der Waals surface area (Å²) in [5, 5.41) is 3.07. The lowest BCUT2D eigenvalue weighted by Crippen LogP contribution is -2.83. The summed E-state index contributed by atoms with van der Waals surface area (Å²) in [4.78, 5) is 24.0. The smallest absolute Gasteiger partial charge is 0.332 e. The van der Waals surface area contributed by atoms with Gasteiger partial charge < -0.3 is 15.0 Å². The van der Waals surface area contributed by atoms with Crippen molar-refractivity contribution in [2.75, 3.05) is 14.2 Å². The summed E-state index contributed by atoms with van der Waals surface area (Å²) in [6.07, 6.45) is 1.33. The molecule has 0 aliphatic carbocycles. The van der Waals surface area contributed by atoms with Gasteiger partial charge >= 0.3 is 5.97 Å². The fourth-order valence-electron chi connectivity index (χ4n) is 1.97. The Morgan fingerprint density at radius 3 is 2.86 bits per heavy atom. The summed E-state index contributed by atoms with van der Waals surface area (Å²) in [6, 6.07) is 0. The van der Waals surface area contributed by atoms with Crippen molar-refractivity contribution in [3.05, 3.63) is 11.8 Å². The highest BCUT2D eigenvalue weighted by molar-refractivity contribution is 5.95. The number of nitrogens with one attached hydrogen (secondary N) is 1. The predicted molar refractivity (Wildman–Crippen MR) is 47.9 cm³/mol. The number of carbonyl (C=O) groups excluding carboxylic acids is 2. The number of carbonyl (C=O) groups is 2. The topological polar surface area (TPSA) is 58.6 Å². The lowest BCUT2D eigenvalue weighted by Gasteiger charge is -2.63. The van der Waals surface area contributed by atoms with Crippen LogP contribution in [-0.2, 0) is 14.3 Å². The number of rotatable bonds is 1. The first-order valence-electron chi connectivity index (χ1n) is 4.36. The fourth-order valence-corrected chi connectivity index (χ4v) is 1.97. The second-order valence-electron chi connectivity index (χ2n) is 3.73. The summed E-state index contributed by atoms with van der Waals surface area (Å²) >= 11 is 0. The van der Waals surface area contributed by atoms with Gasteiger partial charge in [0.25, 0.3) is 0 Å². The molecular formula is C9H12N2O3. The number of methoxy groups -OCH3 is 1. The Morgan fingerprint density at radius 1 is 1.71 bits per heavy atom. The molecule has 0 radical (unpaired) electrons. The number of hydrogen-bond donors (Lipinski definition) is 1. The van der Waals surface area contributed by atoms with E-state index in [0.717, 1.165) is 0 Å². The molecule has 2 fully saturated rings. The average molecular weight is 196 g/mol. The summed E-state index contributed by atoms with van der Waals surface area (Å²) < 4.78 is 4.48. The van der Waals surface area contributed by atoms with Gasteiger partial charge in [-0.05, 0) is 6.92 Å². The van der Waals surface area contributed by atoms with Crippen LogP contribution in [0.3, 0.4) is 0 Å². The summed E-state index contributed by atoms with van der Waals surface area (Å²) in [5.74, 6) is -0.579. The van der Waals surface area contributed by atoms with E-state index >= 15 is 0 Å². The standard InChI is InChI=1S/C9H12N2O3/c1-9-7(8(13)11(9)2)5(10-9)4-6(12)14-3/h4,7,10H,1-3H3/b5-4+/t7-,9+/m1/s1. The van der Waals surface area contributed by atoms with Crippen molar-refractivity contribution in [3.63, 3.8) is 0 Å². The van der Waals surface area contributed by atoms with Crippen LogP contribution < -0.4 is 5.32 Å². The SMILES string of the molecule is COC(=O)/C=C1/N[C@]2(C)[C@H]1C(=O)N2C. The van der Waals surface area contributed by atoms with Crippen LogP contribution in [0.5, 0.6) is 0 Å². The molecule has 0 unspecified atom stereocenters. The van der Waals surface area contributed by atoms with Crippen molar-refractivity contribution >= 4 is 11.9 Å². The number of nitrogens with zero attached hydrogens (tertiary/aromatic N) is 1. The lowest BCUT2D eigenvalue weighted by molar-refractivity contribution is -0.177. The predicted octanol–water partition coefficient (Wildman–Crippen LogP) is -0.549. The fraction of sp³-hybridized carbons (Fsp3) is 0.556. The van der Waals surface area contributed by atoms with Gasteiger partial charge in [-0.15, -0.1) is 0 Å². The highest BCUT2D eigenvalue weighted by Gasteiger charge is 2.64. The Balaban J connectivity index is 2.14. The van der Waals surface area contributed by atoms with Crippen LogP contribution in [0.2, 0.25) is 0 Å². The zero-order chi connectivity index (χ0) is 10.5. The molecule has 0 saturated carbocycles. The molecule has 0 aromatic rings. The molecule has 1 N–H and O–H groups in total. The molecule has 0 aromatic carbocycles. The van der Waals surface area contributed by atoms with Crippen LogP contribution in [0.15, 0.2) is 11.8 Å². The number of likely N-dealkylation sites (tertiary alicyclic amines) is 1. The van der Waals surface area contributed by atoms with Crippen LogP contribution in [-0.4, -0.2) is 36.6 Å². The van der Waals surface area contributed by atoms with E-state index in [0.29, 0.717) is 5.70 Å². The molecule has 2 atom stereocenters. The second-order valence-corrected chi connectivity index (χ2v) is 3.73. The van der Waals surface area contributed by atoms with Crippen LogP contribution in [0, 0.1) is 5.92 Å². The Bertz CT molecular complexity index is 350. The van der Waals surface area contributed by atoms with E-state index in [1.54, 1.807) is 11.9 Å². The Kier molecular flexibility index (Phi) is 1.61. The van der Waals surface area contributed by atoms with E-state index in [4.69, 9.17) is 0 Å². The minimum atomic E-state index is -0.433. The summed E-state index contributed by atoms with van der Waals surface area (Å²) in [5.41, 5.74) is 0.360. The number of fused-ring (bicyclic) bond motifs is 1. The zero-order valence-corrected chi connectivity index (χ0v) is 8.33. The Hall–Kier alpha value is -1.52. The molecule has 2 rings (SSSR count). The van der Waals surface area contributed by atoms with Gasteiger partial charge in [0.15, 0.2) is 0 Å². The molecule has 5 nitrogen and oxygen atoms in total. The van der Waals surface area contributed by atoms with Crippen LogP contribution in [0.1, 0.15) is 6.92 Å². The maximum Gasteiger partial charge on any atom is 0.332 e. The van der Waals surface area contributed by atoms with Crippen molar-refractivity contribution in [2.24, 2.45) is 5.92 Å². The largest absolute Gasteiger partial charge is 0.466 e. The molecule has 0 spiro atoms. The first-order chi connectivity index (χ1) is 6.50. The van der Waals surface area contributed by atoms with Gasteiger partial charge in [-0.3, -0.25) is 4.79 Å². The van der Waals surface area contributed by atoms with Crippen molar-refractivity contribution in [2.45, 2.75) is 12.6 Å². The molecule has 5 heteroatoms. The van der Waals surface area contributed by atoms with E-state index < -0.39 is 5.97 Å². The van der Waals surface area contributed by atoms with E-state index in [-0.39, 0.29) is 17.5 Å². The van der Waals surface area contributed by atoms with Gasteiger partial charge in [0.2, 0.25) is 5.91 Å². The minimum Gasteiger partial charge on any atom is -0.466 e. The van der Waals surface area contributed by atoms with E-state index in [1.807, 2.05) is 6.92 Å². The van der Waals surface area contributed by atoms with Gasteiger partial charge in [-0.1, -0.05) is 0 Å². The molecule has 2 aliphatic rings. The van der Waals surface area contributed by atoms with Gasteiger partial charge in [-0.25, -0.2) is 4.79 Å². The Labute approximate surface area is 81.7 Å².